The fourth-order valence-electron chi connectivity index (χ4n) is 4.06. The first-order chi connectivity index (χ1) is 16.6. The molecule has 4 nitrogen and oxygen atoms in total. The number of carbonyl (C=O) groups is 2. The third kappa shape index (κ3) is 4.72. The Morgan fingerprint density at radius 1 is 0.794 bits per heavy atom. The van der Waals surface area contributed by atoms with E-state index in [-0.39, 0.29) is 24.0 Å². The molecule has 0 spiro atoms. The Morgan fingerprint density at radius 3 is 2.12 bits per heavy atom. The molecule has 0 saturated heterocycles. The smallest absolute Gasteiger partial charge is 0.241 e. The van der Waals surface area contributed by atoms with Crippen LogP contribution in [0, 0.1) is 0 Å². The summed E-state index contributed by atoms with van der Waals surface area (Å²) in [6, 6.07) is 30.7. The maximum absolute atomic E-state index is 13.3. The van der Waals surface area contributed by atoms with Crippen LogP contribution in [0.15, 0.2) is 102 Å². The summed E-state index contributed by atoms with van der Waals surface area (Å²) in [5.74, 6) is 0.190. The molecular weight excluding hydrogens is 464 g/mol. The van der Waals surface area contributed by atoms with Gasteiger partial charge < -0.3 is 5.32 Å². The number of amides is 1. The zero-order chi connectivity index (χ0) is 23.5. The van der Waals surface area contributed by atoms with Gasteiger partial charge >= 0.3 is 0 Å². The molecule has 0 aliphatic carbocycles. The molecule has 1 aromatic heterocycles. The molecular formula is C28H21ClN2O2S. The fourth-order valence-corrected chi connectivity index (χ4v) is 4.99. The lowest BCUT2D eigenvalue weighted by Crippen LogP contribution is -2.14. The highest BCUT2D eigenvalue weighted by atomic mass is 35.5. The summed E-state index contributed by atoms with van der Waals surface area (Å²) < 4.78 is 1.80. The van der Waals surface area contributed by atoms with Crippen molar-refractivity contribution < 1.29 is 9.59 Å². The van der Waals surface area contributed by atoms with E-state index in [0.717, 1.165) is 32.3 Å². The molecule has 1 heterocycles. The van der Waals surface area contributed by atoms with Crippen LogP contribution in [-0.4, -0.2) is 22.1 Å². The van der Waals surface area contributed by atoms with Crippen molar-refractivity contribution in [2.45, 2.75) is 11.3 Å². The van der Waals surface area contributed by atoms with E-state index in [9.17, 15) is 9.59 Å². The number of hydrogen-bond acceptors (Lipinski definition) is 3. The number of rotatable bonds is 6. The van der Waals surface area contributed by atoms with Gasteiger partial charge in [-0.25, -0.2) is 0 Å². The molecule has 1 amide bonds. The minimum absolute atomic E-state index is 0.0135. The third-order valence-electron chi connectivity index (χ3n) is 5.59. The Hall–Kier alpha value is -3.54. The number of fused-ring (bicyclic) bond motifs is 3. The van der Waals surface area contributed by atoms with Crippen molar-refractivity contribution in [3.8, 4) is 0 Å². The van der Waals surface area contributed by atoms with Crippen molar-refractivity contribution >= 4 is 62.7 Å². The predicted octanol–water partition coefficient (Wildman–Crippen LogP) is 7.06. The standard InChI is InChI=1S/C28H21ClN2O2S/c29-20-14-12-19(13-15-20)16-27(32)30-21-6-5-7-22(17-21)34-18-28(33)31-25-10-3-1-8-23(25)24-9-2-4-11-26(24)31/h1-15,17H,16,18H2,(H,30,32). The number of nitrogens with zero attached hydrogens (tertiary/aromatic N) is 1. The first-order valence-corrected chi connectivity index (χ1v) is 12.2. The van der Waals surface area contributed by atoms with Gasteiger partial charge in [0.15, 0.2) is 0 Å². The van der Waals surface area contributed by atoms with Gasteiger partial charge in [-0.1, -0.05) is 66.2 Å². The first-order valence-electron chi connectivity index (χ1n) is 10.9. The van der Waals surface area contributed by atoms with Gasteiger partial charge in [0.2, 0.25) is 11.8 Å². The second-order valence-corrected chi connectivity index (χ2v) is 9.42. The van der Waals surface area contributed by atoms with Crippen LogP contribution in [-0.2, 0) is 11.2 Å². The van der Waals surface area contributed by atoms with E-state index in [2.05, 4.69) is 5.32 Å². The van der Waals surface area contributed by atoms with Crippen LogP contribution in [0.4, 0.5) is 5.69 Å². The molecule has 6 heteroatoms. The topological polar surface area (TPSA) is 51.1 Å². The molecule has 0 bridgehead atoms. The summed E-state index contributed by atoms with van der Waals surface area (Å²) in [7, 11) is 0. The lowest BCUT2D eigenvalue weighted by Gasteiger charge is -2.09. The second kappa shape index (κ2) is 9.75. The van der Waals surface area contributed by atoms with Gasteiger partial charge in [0.05, 0.1) is 23.2 Å². The average molecular weight is 485 g/mol. The highest BCUT2D eigenvalue weighted by Gasteiger charge is 2.15. The number of aromatic nitrogens is 1. The average Bonchev–Trinajstić information content (AvgIpc) is 3.19. The number of anilines is 1. The quantitative estimate of drug-likeness (QED) is 0.262. The van der Waals surface area contributed by atoms with Crippen LogP contribution in [0.1, 0.15) is 10.4 Å². The summed E-state index contributed by atoms with van der Waals surface area (Å²) in [5, 5.41) is 5.72. The third-order valence-corrected chi connectivity index (χ3v) is 6.82. The zero-order valence-electron chi connectivity index (χ0n) is 18.2. The van der Waals surface area contributed by atoms with Crippen molar-refractivity contribution in [3.05, 3.63) is 108 Å². The van der Waals surface area contributed by atoms with Crippen LogP contribution < -0.4 is 5.32 Å². The monoisotopic (exact) mass is 484 g/mol. The normalized spacial score (nSPS) is 11.1. The molecule has 5 aromatic rings. The molecule has 0 unspecified atom stereocenters. The van der Waals surface area contributed by atoms with Crippen LogP contribution in [0.25, 0.3) is 21.8 Å². The van der Waals surface area contributed by atoms with E-state index in [1.54, 1.807) is 16.7 Å². The number of carbonyl (C=O) groups excluding carboxylic acids is 2. The number of thioether (sulfide) groups is 1. The molecule has 0 fully saturated rings. The molecule has 4 aromatic carbocycles. The number of benzene rings is 4. The molecule has 5 rings (SSSR count). The van der Waals surface area contributed by atoms with Crippen molar-refractivity contribution in [2.24, 2.45) is 0 Å². The summed E-state index contributed by atoms with van der Waals surface area (Å²) in [6.45, 7) is 0. The minimum atomic E-state index is -0.106. The van der Waals surface area contributed by atoms with Crippen LogP contribution in [0.3, 0.4) is 0 Å². The SMILES string of the molecule is O=C(Cc1ccc(Cl)cc1)Nc1cccc(SCC(=O)n2c3ccccc3c3ccccc32)c1. The minimum Gasteiger partial charge on any atom is -0.326 e. The summed E-state index contributed by atoms with van der Waals surface area (Å²) in [4.78, 5) is 26.6. The number of halogens is 1. The van der Waals surface area contributed by atoms with E-state index in [1.807, 2.05) is 84.9 Å². The van der Waals surface area contributed by atoms with Crippen LogP contribution >= 0.6 is 23.4 Å². The van der Waals surface area contributed by atoms with Gasteiger partial charge in [0.1, 0.15) is 0 Å². The summed E-state index contributed by atoms with van der Waals surface area (Å²) in [5.41, 5.74) is 3.42. The molecule has 0 aliphatic rings. The zero-order valence-corrected chi connectivity index (χ0v) is 19.8. The van der Waals surface area contributed by atoms with E-state index >= 15 is 0 Å². The van der Waals surface area contributed by atoms with Gasteiger partial charge in [0, 0.05) is 26.4 Å². The molecule has 168 valence electrons. The van der Waals surface area contributed by atoms with Crippen molar-refractivity contribution in [3.63, 3.8) is 0 Å². The lowest BCUT2D eigenvalue weighted by atomic mass is 10.1. The molecule has 34 heavy (non-hydrogen) atoms. The van der Waals surface area contributed by atoms with Gasteiger partial charge in [-0.3, -0.25) is 14.2 Å². The Bertz CT molecular complexity index is 1460. The Kier molecular flexibility index (Phi) is 6.39. The largest absolute Gasteiger partial charge is 0.326 e. The van der Waals surface area contributed by atoms with Crippen LogP contribution in [0.2, 0.25) is 5.02 Å². The molecule has 0 atom stereocenters. The first kappa shape index (κ1) is 22.3. The van der Waals surface area contributed by atoms with Crippen molar-refractivity contribution in [2.75, 3.05) is 11.1 Å². The molecule has 0 saturated carbocycles. The van der Waals surface area contributed by atoms with Gasteiger partial charge in [-0.05, 0) is 48.0 Å². The molecule has 1 N–H and O–H groups in total. The Labute approximate surface area is 206 Å². The highest BCUT2D eigenvalue weighted by Crippen LogP contribution is 2.30. The van der Waals surface area contributed by atoms with Gasteiger partial charge in [0.25, 0.3) is 0 Å². The van der Waals surface area contributed by atoms with Crippen molar-refractivity contribution in [1.82, 2.24) is 4.57 Å². The summed E-state index contributed by atoms with van der Waals surface area (Å²) in [6.07, 6.45) is 0.265. The van der Waals surface area contributed by atoms with E-state index in [0.29, 0.717) is 10.7 Å². The van der Waals surface area contributed by atoms with Crippen molar-refractivity contribution in [1.29, 1.82) is 0 Å². The predicted molar refractivity (Wildman–Crippen MR) is 141 cm³/mol. The molecule has 0 aliphatic heterocycles. The Balaban J connectivity index is 1.29. The highest BCUT2D eigenvalue weighted by molar-refractivity contribution is 8.00. The second-order valence-electron chi connectivity index (χ2n) is 7.93. The number of para-hydroxylation sites is 2. The fraction of sp³-hybridized carbons (Fsp3) is 0.0714. The summed E-state index contributed by atoms with van der Waals surface area (Å²) >= 11 is 7.36. The molecule has 0 radical (unpaired) electrons. The maximum Gasteiger partial charge on any atom is 0.241 e. The number of hydrogen-bond donors (Lipinski definition) is 1. The lowest BCUT2D eigenvalue weighted by molar-refractivity contribution is -0.115. The van der Waals surface area contributed by atoms with E-state index in [1.165, 1.54) is 11.8 Å². The van der Waals surface area contributed by atoms with Gasteiger partial charge in [-0.15, -0.1) is 11.8 Å². The van der Waals surface area contributed by atoms with Crippen LogP contribution in [0.5, 0.6) is 0 Å². The van der Waals surface area contributed by atoms with E-state index < -0.39 is 0 Å². The van der Waals surface area contributed by atoms with E-state index in [4.69, 9.17) is 11.6 Å². The maximum atomic E-state index is 13.3. The number of nitrogens with one attached hydrogen (secondary N) is 1. The Morgan fingerprint density at radius 2 is 1.44 bits per heavy atom. The van der Waals surface area contributed by atoms with Gasteiger partial charge in [-0.2, -0.15) is 0 Å².